The van der Waals surface area contributed by atoms with Gasteiger partial charge in [0.15, 0.2) is 0 Å². The van der Waals surface area contributed by atoms with Crippen molar-refractivity contribution in [1.82, 2.24) is 4.31 Å². The molecule has 0 bridgehead atoms. The summed E-state index contributed by atoms with van der Waals surface area (Å²) in [5.74, 6) is 0. The molecule has 0 atom stereocenters. The second-order valence-electron chi connectivity index (χ2n) is 4.49. The Morgan fingerprint density at radius 2 is 1.95 bits per heavy atom. The van der Waals surface area contributed by atoms with E-state index in [9.17, 15) is 21.6 Å². The zero-order valence-electron chi connectivity index (χ0n) is 11.3. The van der Waals surface area contributed by atoms with Crippen molar-refractivity contribution in [1.29, 1.82) is 0 Å². The van der Waals surface area contributed by atoms with Crippen LogP contribution in [0.4, 0.5) is 18.9 Å². The number of hydrogen-bond donors (Lipinski definition) is 1. The lowest BCUT2D eigenvalue weighted by atomic mass is 10.3. The molecule has 0 aliphatic carbocycles. The Morgan fingerprint density at radius 1 is 1.33 bits per heavy atom. The number of unbranched alkanes of at least 4 members (excludes halogenated alkanes) is 1. The minimum Gasteiger partial charge on any atom is -0.398 e. The third-order valence-electron chi connectivity index (χ3n) is 2.73. The van der Waals surface area contributed by atoms with Crippen molar-refractivity contribution in [2.24, 2.45) is 0 Å². The Labute approximate surface area is 130 Å². The van der Waals surface area contributed by atoms with Crippen LogP contribution in [0, 0.1) is 0 Å². The van der Waals surface area contributed by atoms with Gasteiger partial charge in [0.1, 0.15) is 6.54 Å². The van der Waals surface area contributed by atoms with E-state index in [2.05, 4.69) is 15.9 Å². The number of nitrogen functional groups attached to an aromatic ring is 1. The highest BCUT2D eigenvalue weighted by Crippen LogP contribution is 2.27. The van der Waals surface area contributed by atoms with Crippen molar-refractivity contribution >= 4 is 31.6 Å². The molecule has 1 aromatic rings. The Morgan fingerprint density at radius 3 is 2.43 bits per heavy atom. The molecule has 2 N–H and O–H groups in total. The predicted molar refractivity (Wildman–Crippen MR) is 78.3 cm³/mol. The van der Waals surface area contributed by atoms with Crippen molar-refractivity contribution < 1.29 is 21.6 Å². The standard InChI is InChI=1S/C12H16BrF3N2O2S/c1-2-3-6-18(8-12(14,15)16)21(19,20)9-4-5-11(17)10(13)7-9/h4-5,7H,2-3,6,8,17H2,1H3. The van der Waals surface area contributed by atoms with Crippen LogP contribution < -0.4 is 5.73 Å². The van der Waals surface area contributed by atoms with Crippen LogP contribution in [-0.2, 0) is 10.0 Å². The van der Waals surface area contributed by atoms with E-state index in [1.807, 2.05) is 0 Å². The van der Waals surface area contributed by atoms with Gasteiger partial charge in [-0.15, -0.1) is 0 Å². The molecule has 4 nitrogen and oxygen atoms in total. The van der Waals surface area contributed by atoms with Gasteiger partial charge in [0.05, 0.1) is 4.90 Å². The lowest BCUT2D eigenvalue weighted by Gasteiger charge is -2.23. The molecule has 9 heteroatoms. The van der Waals surface area contributed by atoms with Gasteiger partial charge >= 0.3 is 6.18 Å². The van der Waals surface area contributed by atoms with Crippen LogP contribution in [0.25, 0.3) is 0 Å². The van der Waals surface area contributed by atoms with Crippen LogP contribution in [0.5, 0.6) is 0 Å². The van der Waals surface area contributed by atoms with Crippen LogP contribution in [0.3, 0.4) is 0 Å². The number of benzene rings is 1. The summed E-state index contributed by atoms with van der Waals surface area (Å²) in [6.07, 6.45) is -3.65. The molecule has 21 heavy (non-hydrogen) atoms. The third-order valence-corrected chi connectivity index (χ3v) is 5.25. The van der Waals surface area contributed by atoms with Crippen molar-refractivity contribution in [3.63, 3.8) is 0 Å². The van der Waals surface area contributed by atoms with Crippen molar-refractivity contribution in [3.8, 4) is 0 Å². The summed E-state index contributed by atoms with van der Waals surface area (Å²) >= 11 is 3.07. The lowest BCUT2D eigenvalue weighted by Crippen LogP contribution is -2.39. The van der Waals surface area contributed by atoms with Gasteiger partial charge in [-0.25, -0.2) is 8.42 Å². The fourth-order valence-corrected chi connectivity index (χ4v) is 3.66. The molecule has 1 rings (SSSR count). The summed E-state index contributed by atoms with van der Waals surface area (Å²) in [4.78, 5) is -0.219. The second-order valence-corrected chi connectivity index (χ2v) is 7.28. The molecule has 0 fully saturated rings. The zero-order valence-corrected chi connectivity index (χ0v) is 13.7. The van der Waals surface area contributed by atoms with Crippen molar-refractivity contribution in [3.05, 3.63) is 22.7 Å². The number of nitrogens with two attached hydrogens (primary N) is 1. The number of sulfonamides is 1. The average Bonchev–Trinajstić information content (AvgIpc) is 2.36. The highest BCUT2D eigenvalue weighted by molar-refractivity contribution is 9.10. The second kappa shape index (κ2) is 6.97. The van der Waals surface area contributed by atoms with E-state index in [1.165, 1.54) is 18.2 Å². The van der Waals surface area contributed by atoms with E-state index < -0.39 is 22.7 Å². The van der Waals surface area contributed by atoms with Crippen LogP contribution in [-0.4, -0.2) is 32.0 Å². The molecular formula is C12H16BrF3N2O2S. The summed E-state index contributed by atoms with van der Waals surface area (Å²) in [5.41, 5.74) is 5.86. The number of alkyl halides is 3. The number of nitrogens with zero attached hydrogens (tertiary/aromatic N) is 1. The van der Waals surface area contributed by atoms with Gasteiger partial charge in [-0.3, -0.25) is 0 Å². The summed E-state index contributed by atoms with van der Waals surface area (Å²) in [6, 6.07) is 3.74. The number of hydrogen-bond acceptors (Lipinski definition) is 3. The Hall–Kier alpha value is -0.800. The molecule has 0 amide bonds. The molecule has 0 saturated carbocycles. The Kier molecular flexibility index (Phi) is 6.06. The summed E-state index contributed by atoms with van der Waals surface area (Å²) < 4.78 is 63.2. The molecule has 0 aliphatic heterocycles. The number of anilines is 1. The normalized spacial score (nSPS) is 12.9. The van der Waals surface area contributed by atoms with Gasteiger partial charge in [-0.05, 0) is 40.5 Å². The van der Waals surface area contributed by atoms with Crippen molar-refractivity contribution in [2.75, 3.05) is 18.8 Å². The van der Waals surface area contributed by atoms with E-state index in [4.69, 9.17) is 5.73 Å². The van der Waals surface area contributed by atoms with Crippen LogP contribution in [0.1, 0.15) is 19.8 Å². The van der Waals surface area contributed by atoms with Crippen LogP contribution >= 0.6 is 15.9 Å². The van der Waals surface area contributed by atoms with E-state index in [-0.39, 0.29) is 11.4 Å². The number of rotatable bonds is 6. The van der Waals surface area contributed by atoms with Gasteiger partial charge in [-0.2, -0.15) is 17.5 Å². The van der Waals surface area contributed by atoms with Crippen LogP contribution in [0.2, 0.25) is 0 Å². The highest BCUT2D eigenvalue weighted by Gasteiger charge is 2.36. The minimum atomic E-state index is -4.59. The largest absolute Gasteiger partial charge is 0.402 e. The van der Waals surface area contributed by atoms with Gasteiger partial charge in [0, 0.05) is 16.7 Å². The van der Waals surface area contributed by atoms with Gasteiger partial charge in [-0.1, -0.05) is 13.3 Å². The topological polar surface area (TPSA) is 63.4 Å². The summed E-state index contributed by atoms with van der Waals surface area (Å²) in [5, 5.41) is 0. The summed E-state index contributed by atoms with van der Waals surface area (Å²) in [7, 11) is -4.22. The SMILES string of the molecule is CCCCN(CC(F)(F)F)S(=O)(=O)c1ccc(N)c(Br)c1. The van der Waals surface area contributed by atoms with Crippen LogP contribution in [0.15, 0.2) is 27.6 Å². The molecule has 120 valence electrons. The molecule has 0 spiro atoms. The molecule has 0 heterocycles. The molecule has 1 aromatic carbocycles. The maximum atomic E-state index is 12.6. The minimum absolute atomic E-state index is 0.180. The maximum Gasteiger partial charge on any atom is 0.402 e. The average molecular weight is 389 g/mol. The van der Waals surface area contributed by atoms with Gasteiger partial charge in [0.2, 0.25) is 10.0 Å². The van der Waals surface area contributed by atoms with E-state index in [1.54, 1.807) is 6.92 Å². The Bertz CT molecular complexity index is 591. The first-order valence-corrected chi connectivity index (χ1v) is 8.43. The molecule has 0 aromatic heterocycles. The first-order chi connectivity index (χ1) is 9.58. The van der Waals surface area contributed by atoms with Gasteiger partial charge < -0.3 is 5.73 Å². The van der Waals surface area contributed by atoms with E-state index in [0.717, 1.165) is 0 Å². The Balaban J connectivity index is 3.16. The molecule has 0 radical (unpaired) electrons. The number of halogens is 4. The first-order valence-electron chi connectivity index (χ1n) is 6.20. The highest BCUT2D eigenvalue weighted by atomic mass is 79.9. The summed E-state index contributed by atoms with van der Waals surface area (Å²) in [6.45, 7) is 0.0931. The molecular weight excluding hydrogens is 373 g/mol. The monoisotopic (exact) mass is 388 g/mol. The first kappa shape index (κ1) is 18.2. The predicted octanol–water partition coefficient (Wildman–Crippen LogP) is 3.38. The smallest absolute Gasteiger partial charge is 0.398 e. The molecule has 0 aliphatic rings. The fraction of sp³-hybridized carbons (Fsp3) is 0.500. The van der Waals surface area contributed by atoms with E-state index in [0.29, 0.717) is 27.3 Å². The molecule has 0 unspecified atom stereocenters. The van der Waals surface area contributed by atoms with Crippen molar-refractivity contribution in [2.45, 2.75) is 30.8 Å². The van der Waals surface area contributed by atoms with Gasteiger partial charge in [0.25, 0.3) is 0 Å². The third kappa shape index (κ3) is 5.15. The zero-order chi connectivity index (χ0) is 16.3. The quantitative estimate of drug-likeness (QED) is 0.759. The van der Waals surface area contributed by atoms with E-state index >= 15 is 0 Å². The maximum absolute atomic E-state index is 12.6. The fourth-order valence-electron chi connectivity index (χ4n) is 1.64. The lowest BCUT2D eigenvalue weighted by molar-refractivity contribution is -0.136. The molecule has 0 saturated heterocycles.